The van der Waals surface area contributed by atoms with Gasteiger partial charge in [-0.3, -0.25) is 0 Å². The molecule has 106 valence electrons. The van der Waals surface area contributed by atoms with Crippen LogP contribution in [0.3, 0.4) is 0 Å². The van der Waals surface area contributed by atoms with Crippen molar-refractivity contribution < 1.29 is 15.0 Å². The minimum absolute atomic E-state index is 0.00571. The lowest BCUT2D eigenvalue weighted by molar-refractivity contribution is -0.142. The van der Waals surface area contributed by atoms with Gasteiger partial charge in [0.25, 0.3) is 0 Å². The maximum atomic E-state index is 11.2. The highest BCUT2D eigenvalue weighted by molar-refractivity contribution is 6.30. The standard InChI is InChI=1S/C12H13ClN4O3/c1-7(18)6-10(12(19)20)17-15-11(14-16-17)8-2-4-9(13)5-3-8/h2-5,7,10,18H,6H2,1H3,(H,19,20)/t7-,10+/m1/s1. The second kappa shape index (κ2) is 5.98. The molecule has 7 nitrogen and oxygen atoms in total. The van der Waals surface area contributed by atoms with Crippen molar-refractivity contribution >= 4 is 17.6 Å². The third-order valence-corrected chi connectivity index (χ3v) is 2.91. The van der Waals surface area contributed by atoms with Crippen LogP contribution in [0, 0.1) is 0 Å². The molecule has 1 aromatic carbocycles. The number of aliphatic carboxylic acids is 1. The summed E-state index contributed by atoms with van der Waals surface area (Å²) in [6.07, 6.45) is -0.771. The van der Waals surface area contributed by atoms with Gasteiger partial charge in [0.1, 0.15) is 0 Å². The summed E-state index contributed by atoms with van der Waals surface area (Å²) in [4.78, 5) is 12.2. The fourth-order valence-corrected chi connectivity index (χ4v) is 1.81. The summed E-state index contributed by atoms with van der Waals surface area (Å²) in [6, 6.07) is 5.75. The summed E-state index contributed by atoms with van der Waals surface area (Å²) in [5.74, 6) is -0.815. The van der Waals surface area contributed by atoms with Crippen LogP contribution in [0.25, 0.3) is 11.4 Å². The van der Waals surface area contributed by atoms with E-state index in [-0.39, 0.29) is 6.42 Å². The molecule has 0 saturated carbocycles. The number of aliphatic hydroxyl groups excluding tert-OH is 1. The van der Waals surface area contributed by atoms with E-state index < -0.39 is 18.1 Å². The number of carbonyl (C=O) groups is 1. The van der Waals surface area contributed by atoms with Crippen molar-refractivity contribution in [3.05, 3.63) is 29.3 Å². The van der Waals surface area contributed by atoms with Crippen LogP contribution in [0.5, 0.6) is 0 Å². The predicted octanol–water partition coefficient (Wildman–Crippen LogP) is 1.39. The van der Waals surface area contributed by atoms with Crippen LogP contribution in [0.1, 0.15) is 19.4 Å². The zero-order valence-electron chi connectivity index (χ0n) is 10.6. The number of aromatic nitrogens is 4. The molecule has 0 unspecified atom stereocenters. The first-order chi connectivity index (χ1) is 9.47. The van der Waals surface area contributed by atoms with Crippen LogP contribution >= 0.6 is 11.6 Å². The van der Waals surface area contributed by atoms with E-state index in [1.54, 1.807) is 24.3 Å². The molecule has 2 atom stereocenters. The van der Waals surface area contributed by atoms with Gasteiger partial charge in [0, 0.05) is 17.0 Å². The number of hydrogen-bond donors (Lipinski definition) is 2. The van der Waals surface area contributed by atoms with E-state index in [9.17, 15) is 9.90 Å². The molecule has 0 amide bonds. The molecule has 1 aromatic heterocycles. The molecular formula is C12H13ClN4O3. The van der Waals surface area contributed by atoms with Crippen molar-refractivity contribution in [3.8, 4) is 11.4 Å². The summed E-state index contributed by atoms with van der Waals surface area (Å²) in [6.45, 7) is 1.51. The lowest BCUT2D eigenvalue weighted by Gasteiger charge is -2.11. The predicted molar refractivity (Wildman–Crippen MR) is 71.2 cm³/mol. The van der Waals surface area contributed by atoms with E-state index in [1.165, 1.54) is 6.92 Å². The van der Waals surface area contributed by atoms with E-state index in [0.29, 0.717) is 16.4 Å². The van der Waals surface area contributed by atoms with Crippen molar-refractivity contribution in [2.75, 3.05) is 0 Å². The Hall–Kier alpha value is -1.99. The van der Waals surface area contributed by atoms with E-state index >= 15 is 0 Å². The molecule has 8 heteroatoms. The lowest BCUT2D eigenvalue weighted by atomic mass is 10.1. The molecule has 0 aliphatic rings. The maximum Gasteiger partial charge on any atom is 0.330 e. The van der Waals surface area contributed by atoms with Crippen LogP contribution in [0.15, 0.2) is 24.3 Å². The van der Waals surface area contributed by atoms with Gasteiger partial charge in [0.2, 0.25) is 5.82 Å². The number of hydrogen-bond acceptors (Lipinski definition) is 5. The van der Waals surface area contributed by atoms with Gasteiger partial charge >= 0.3 is 5.97 Å². The zero-order valence-corrected chi connectivity index (χ0v) is 11.4. The minimum atomic E-state index is -1.12. The molecule has 0 spiro atoms. The van der Waals surface area contributed by atoms with Crippen molar-refractivity contribution in [2.45, 2.75) is 25.5 Å². The van der Waals surface area contributed by atoms with Crippen LogP contribution < -0.4 is 0 Å². The second-order valence-electron chi connectivity index (χ2n) is 4.38. The average molecular weight is 297 g/mol. The topological polar surface area (TPSA) is 101 Å². The highest BCUT2D eigenvalue weighted by atomic mass is 35.5. The van der Waals surface area contributed by atoms with Crippen molar-refractivity contribution in [2.24, 2.45) is 0 Å². The Morgan fingerprint density at radius 3 is 2.60 bits per heavy atom. The van der Waals surface area contributed by atoms with E-state index in [1.807, 2.05) is 0 Å². The molecular weight excluding hydrogens is 284 g/mol. The molecule has 20 heavy (non-hydrogen) atoms. The quantitative estimate of drug-likeness (QED) is 0.864. The number of aliphatic hydroxyl groups is 1. The van der Waals surface area contributed by atoms with E-state index in [0.717, 1.165) is 4.80 Å². The number of halogens is 1. The Balaban J connectivity index is 2.26. The van der Waals surface area contributed by atoms with Crippen molar-refractivity contribution in [1.29, 1.82) is 0 Å². The molecule has 2 rings (SSSR count). The smallest absolute Gasteiger partial charge is 0.330 e. The van der Waals surface area contributed by atoms with Crippen molar-refractivity contribution in [1.82, 2.24) is 20.2 Å². The van der Waals surface area contributed by atoms with Gasteiger partial charge in [-0.1, -0.05) is 11.6 Å². The number of rotatable bonds is 5. The highest BCUT2D eigenvalue weighted by Gasteiger charge is 2.24. The Morgan fingerprint density at radius 2 is 2.05 bits per heavy atom. The highest BCUT2D eigenvalue weighted by Crippen LogP contribution is 2.19. The molecule has 0 bridgehead atoms. The molecule has 2 N–H and O–H groups in total. The van der Waals surface area contributed by atoms with Gasteiger partial charge in [-0.25, -0.2) is 4.79 Å². The van der Waals surface area contributed by atoms with E-state index in [4.69, 9.17) is 16.7 Å². The number of tetrazole rings is 1. The first-order valence-corrected chi connectivity index (χ1v) is 6.31. The zero-order chi connectivity index (χ0) is 14.7. The van der Waals surface area contributed by atoms with Gasteiger partial charge in [0.05, 0.1) is 6.10 Å². The number of carboxylic acids is 1. The first kappa shape index (κ1) is 14.4. The van der Waals surface area contributed by atoms with E-state index in [2.05, 4.69) is 15.4 Å². The Morgan fingerprint density at radius 1 is 1.40 bits per heavy atom. The minimum Gasteiger partial charge on any atom is -0.480 e. The van der Waals surface area contributed by atoms with Gasteiger partial charge in [-0.2, -0.15) is 0 Å². The largest absolute Gasteiger partial charge is 0.480 e. The van der Waals surface area contributed by atoms with Crippen molar-refractivity contribution in [3.63, 3.8) is 0 Å². The van der Waals surface area contributed by atoms with Crippen LogP contribution in [0.2, 0.25) is 5.02 Å². The van der Waals surface area contributed by atoms with Crippen LogP contribution in [-0.4, -0.2) is 42.5 Å². The van der Waals surface area contributed by atoms with Crippen LogP contribution in [-0.2, 0) is 4.79 Å². The molecule has 0 radical (unpaired) electrons. The normalized spacial score (nSPS) is 13.9. The SMILES string of the molecule is C[C@@H](O)C[C@@H](C(=O)O)n1nnc(-c2ccc(Cl)cc2)n1. The van der Waals surface area contributed by atoms with Gasteiger partial charge in [-0.15, -0.1) is 15.0 Å². The Labute approximate surface area is 119 Å². The number of carboxylic acid groups (broad SMARTS) is 1. The monoisotopic (exact) mass is 296 g/mol. The van der Waals surface area contributed by atoms with Gasteiger partial charge < -0.3 is 10.2 Å². The summed E-state index contributed by atoms with van der Waals surface area (Å²) >= 11 is 5.79. The van der Waals surface area contributed by atoms with Gasteiger partial charge in [0.15, 0.2) is 6.04 Å². The molecule has 2 aromatic rings. The Kier molecular flexibility index (Phi) is 4.31. The first-order valence-electron chi connectivity index (χ1n) is 5.93. The summed E-state index contributed by atoms with van der Waals surface area (Å²) < 4.78 is 0. The average Bonchev–Trinajstić information content (AvgIpc) is 2.85. The molecule has 0 fully saturated rings. The summed E-state index contributed by atoms with van der Waals surface area (Å²) in [5.41, 5.74) is 0.682. The molecule has 0 aliphatic heterocycles. The second-order valence-corrected chi connectivity index (χ2v) is 4.82. The number of benzene rings is 1. The molecule has 1 heterocycles. The van der Waals surface area contributed by atoms with Gasteiger partial charge in [-0.05, 0) is 36.4 Å². The summed E-state index contributed by atoms with van der Waals surface area (Å²) in [5, 5.41) is 30.6. The fraction of sp³-hybridized carbons (Fsp3) is 0.333. The Bertz CT molecular complexity index is 597. The third kappa shape index (κ3) is 3.31. The molecule has 0 aliphatic carbocycles. The number of nitrogens with zero attached hydrogens (tertiary/aromatic N) is 4. The fourth-order valence-electron chi connectivity index (χ4n) is 1.69. The third-order valence-electron chi connectivity index (χ3n) is 2.66. The molecule has 0 saturated heterocycles. The maximum absolute atomic E-state index is 11.2. The lowest BCUT2D eigenvalue weighted by Crippen LogP contribution is -2.25. The summed E-state index contributed by atoms with van der Waals surface area (Å²) in [7, 11) is 0. The van der Waals surface area contributed by atoms with Crippen LogP contribution in [0.4, 0.5) is 0 Å².